The fraction of sp³-hybridized carbons (Fsp3) is 0.308. The average molecular weight is 244 g/mol. The van der Waals surface area contributed by atoms with Crippen LogP contribution in [0.15, 0.2) is 30.7 Å². The molecule has 0 saturated carbocycles. The van der Waals surface area contributed by atoms with Gasteiger partial charge < -0.3 is 0 Å². The lowest BCUT2D eigenvalue weighted by Crippen LogP contribution is -2.36. The van der Waals surface area contributed by atoms with Gasteiger partial charge in [-0.1, -0.05) is 6.92 Å². The molecular weight excluding hydrogens is 228 g/mol. The summed E-state index contributed by atoms with van der Waals surface area (Å²) >= 11 is 0. The minimum atomic E-state index is 0.0493. The topological polar surface area (TPSA) is 51.0 Å². The van der Waals surface area contributed by atoms with E-state index in [9.17, 15) is 4.79 Å². The van der Waals surface area contributed by atoms with Crippen molar-refractivity contribution in [3.05, 3.63) is 36.5 Å². The maximum Gasteiger partial charge on any atom is 0.240 e. The van der Waals surface area contributed by atoms with Crippen LogP contribution in [-0.4, -0.2) is 27.6 Å². The summed E-state index contributed by atoms with van der Waals surface area (Å²) in [5, 5.41) is 1.57. The van der Waals surface area contributed by atoms with Crippen molar-refractivity contribution in [1.82, 2.24) is 14.6 Å². The molecule has 94 valence electrons. The number of imidazole rings is 1. The Hall–Kier alpha value is -2.17. The molecule has 0 spiro atoms. The van der Waals surface area contributed by atoms with Crippen LogP contribution in [0.1, 0.15) is 19.2 Å². The minimum absolute atomic E-state index is 0.0493. The van der Waals surface area contributed by atoms with E-state index in [2.05, 4.69) is 9.97 Å². The average Bonchev–Trinajstić information content (AvgIpc) is 2.80. The van der Waals surface area contributed by atoms with E-state index in [-0.39, 0.29) is 5.91 Å². The van der Waals surface area contributed by atoms with Gasteiger partial charge >= 0.3 is 0 Å². The highest BCUT2D eigenvalue weighted by Gasteiger charge is 2.13. The third-order valence-corrected chi connectivity index (χ3v) is 2.80. The molecule has 2 rings (SSSR count). The van der Waals surface area contributed by atoms with Crippen molar-refractivity contribution in [1.29, 1.82) is 0 Å². The Kier molecular flexibility index (Phi) is 3.41. The van der Waals surface area contributed by atoms with Gasteiger partial charge in [-0.3, -0.25) is 14.8 Å². The molecule has 0 atom stereocenters. The zero-order valence-corrected chi connectivity index (χ0v) is 10.8. The van der Waals surface area contributed by atoms with Gasteiger partial charge in [0.15, 0.2) is 0 Å². The van der Waals surface area contributed by atoms with Crippen LogP contribution in [0, 0.1) is 6.92 Å². The van der Waals surface area contributed by atoms with E-state index in [0.29, 0.717) is 6.42 Å². The minimum Gasteiger partial charge on any atom is -0.273 e. The monoisotopic (exact) mass is 244 g/mol. The second-order valence-electron chi connectivity index (χ2n) is 4.03. The Balaban J connectivity index is 2.36. The number of hydrogen-bond acceptors (Lipinski definition) is 3. The third kappa shape index (κ3) is 2.25. The van der Waals surface area contributed by atoms with E-state index in [4.69, 9.17) is 0 Å². The van der Waals surface area contributed by atoms with Crippen LogP contribution in [0.4, 0.5) is 0 Å². The van der Waals surface area contributed by atoms with Gasteiger partial charge in [0.05, 0.1) is 11.9 Å². The first-order chi connectivity index (χ1) is 8.63. The van der Waals surface area contributed by atoms with Crippen LogP contribution in [-0.2, 0) is 4.79 Å². The number of hydrogen-bond donors (Lipinski definition) is 0. The quantitative estimate of drug-likeness (QED) is 0.826. The Morgan fingerprint density at radius 3 is 2.89 bits per heavy atom. The Bertz CT molecular complexity index is 547. The molecule has 0 bridgehead atoms. The molecule has 2 heterocycles. The molecule has 0 aliphatic carbocycles. The van der Waals surface area contributed by atoms with Crippen LogP contribution in [0.3, 0.4) is 0 Å². The highest BCUT2D eigenvalue weighted by molar-refractivity contribution is 5.85. The Labute approximate surface area is 106 Å². The first kappa shape index (κ1) is 12.3. The van der Waals surface area contributed by atoms with Crippen molar-refractivity contribution in [3.8, 4) is 11.3 Å². The molecule has 0 fully saturated rings. The lowest BCUT2D eigenvalue weighted by atomic mass is 10.2. The number of carbonyl (C=O) groups is 1. The van der Waals surface area contributed by atoms with E-state index < -0.39 is 0 Å². The van der Waals surface area contributed by atoms with Gasteiger partial charge in [0, 0.05) is 31.4 Å². The molecule has 2 aromatic rings. The first-order valence-corrected chi connectivity index (χ1v) is 5.86. The molecule has 0 unspecified atom stereocenters. The van der Waals surface area contributed by atoms with Crippen LogP contribution in [0.5, 0.6) is 0 Å². The van der Waals surface area contributed by atoms with Crippen molar-refractivity contribution in [2.75, 3.05) is 12.1 Å². The third-order valence-electron chi connectivity index (χ3n) is 2.80. The summed E-state index contributed by atoms with van der Waals surface area (Å²) in [6, 6.07) is 3.81. The molecule has 0 N–H and O–H groups in total. The van der Waals surface area contributed by atoms with Crippen molar-refractivity contribution >= 4 is 5.91 Å². The number of rotatable bonds is 3. The van der Waals surface area contributed by atoms with Crippen LogP contribution < -0.4 is 5.01 Å². The zero-order valence-electron chi connectivity index (χ0n) is 10.8. The van der Waals surface area contributed by atoms with Gasteiger partial charge in [0.2, 0.25) is 5.91 Å². The Morgan fingerprint density at radius 1 is 1.50 bits per heavy atom. The number of aryl methyl sites for hydroxylation is 1. The van der Waals surface area contributed by atoms with E-state index in [1.54, 1.807) is 29.1 Å². The number of carbonyl (C=O) groups excluding carboxylic acids is 1. The highest BCUT2D eigenvalue weighted by atomic mass is 16.2. The molecule has 0 aromatic carbocycles. The predicted molar refractivity (Wildman–Crippen MR) is 69.6 cm³/mol. The second-order valence-corrected chi connectivity index (χ2v) is 4.03. The zero-order chi connectivity index (χ0) is 13.1. The standard InChI is InChI=1S/C13H16N4O/c1-4-13(18)16(3)17-9-12(15-10(17)2)11-6-5-7-14-8-11/h5-9H,4H2,1-3H3. The van der Waals surface area contributed by atoms with Crippen LogP contribution >= 0.6 is 0 Å². The SMILES string of the molecule is CCC(=O)N(C)n1cc(-c2cccnc2)nc1C. The number of nitrogens with zero attached hydrogens (tertiary/aromatic N) is 4. The second kappa shape index (κ2) is 5.00. The first-order valence-electron chi connectivity index (χ1n) is 5.86. The molecule has 5 heteroatoms. The van der Waals surface area contributed by atoms with Gasteiger partial charge in [-0.25, -0.2) is 9.66 Å². The van der Waals surface area contributed by atoms with Gasteiger partial charge in [-0.2, -0.15) is 0 Å². The van der Waals surface area contributed by atoms with Gasteiger partial charge in [0.25, 0.3) is 0 Å². The molecule has 0 aliphatic rings. The van der Waals surface area contributed by atoms with Crippen LogP contribution in [0.2, 0.25) is 0 Å². The van der Waals surface area contributed by atoms with Gasteiger partial charge in [0.1, 0.15) is 5.82 Å². The van der Waals surface area contributed by atoms with Gasteiger partial charge in [-0.05, 0) is 19.1 Å². The molecule has 2 aromatic heterocycles. The van der Waals surface area contributed by atoms with Crippen molar-refractivity contribution in [3.63, 3.8) is 0 Å². The van der Waals surface area contributed by atoms with E-state index in [1.165, 1.54) is 0 Å². The fourth-order valence-corrected chi connectivity index (χ4v) is 1.77. The van der Waals surface area contributed by atoms with Crippen molar-refractivity contribution in [2.45, 2.75) is 20.3 Å². The summed E-state index contributed by atoms with van der Waals surface area (Å²) in [6.45, 7) is 3.71. The summed E-state index contributed by atoms with van der Waals surface area (Å²) in [4.78, 5) is 20.2. The molecule has 0 radical (unpaired) electrons. The summed E-state index contributed by atoms with van der Waals surface area (Å²) in [5.41, 5.74) is 1.76. The number of aromatic nitrogens is 3. The Morgan fingerprint density at radius 2 is 2.28 bits per heavy atom. The van der Waals surface area contributed by atoms with Crippen molar-refractivity contribution in [2.24, 2.45) is 0 Å². The number of pyridine rings is 1. The summed E-state index contributed by atoms with van der Waals surface area (Å²) in [6.07, 6.45) is 5.80. The fourth-order valence-electron chi connectivity index (χ4n) is 1.77. The smallest absolute Gasteiger partial charge is 0.240 e. The molecule has 1 amide bonds. The molecule has 5 nitrogen and oxygen atoms in total. The van der Waals surface area contributed by atoms with Gasteiger partial charge in [-0.15, -0.1) is 0 Å². The lowest BCUT2D eigenvalue weighted by molar-refractivity contribution is -0.119. The normalized spacial score (nSPS) is 10.4. The largest absolute Gasteiger partial charge is 0.273 e. The maximum absolute atomic E-state index is 11.7. The van der Waals surface area contributed by atoms with E-state index in [0.717, 1.165) is 17.1 Å². The van der Waals surface area contributed by atoms with E-state index >= 15 is 0 Å². The highest BCUT2D eigenvalue weighted by Crippen LogP contribution is 2.17. The van der Waals surface area contributed by atoms with E-state index in [1.807, 2.05) is 32.2 Å². The summed E-state index contributed by atoms with van der Waals surface area (Å²) < 4.78 is 1.76. The lowest BCUT2D eigenvalue weighted by Gasteiger charge is -2.18. The summed E-state index contributed by atoms with van der Waals surface area (Å²) in [7, 11) is 1.74. The molecule has 0 aliphatic heterocycles. The number of amides is 1. The predicted octanol–water partition coefficient (Wildman–Crippen LogP) is 1.76. The van der Waals surface area contributed by atoms with Crippen molar-refractivity contribution < 1.29 is 4.79 Å². The molecule has 18 heavy (non-hydrogen) atoms. The maximum atomic E-state index is 11.7. The molecular formula is C13H16N4O. The molecule has 0 saturated heterocycles. The summed E-state index contributed by atoms with van der Waals surface area (Å²) in [5.74, 6) is 0.825. The van der Waals surface area contributed by atoms with Crippen LogP contribution in [0.25, 0.3) is 11.3 Å².